The summed E-state index contributed by atoms with van der Waals surface area (Å²) in [4.78, 5) is 13.1. The molecule has 0 atom stereocenters. The maximum atomic E-state index is 11.5. The Morgan fingerprint density at radius 3 is 2.68 bits per heavy atom. The SMILES string of the molecule is CCOC(=O)N(C)CCC1=C(C)CC2=C(C1)OCO2. The van der Waals surface area contributed by atoms with Crippen molar-refractivity contribution in [3.8, 4) is 0 Å². The Kier molecular flexibility index (Phi) is 4.35. The first-order valence-corrected chi connectivity index (χ1v) is 6.64. The van der Waals surface area contributed by atoms with Gasteiger partial charge in [-0.1, -0.05) is 11.1 Å². The third kappa shape index (κ3) is 3.22. The second kappa shape index (κ2) is 5.99. The summed E-state index contributed by atoms with van der Waals surface area (Å²) in [5.41, 5.74) is 2.65. The molecule has 106 valence electrons. The largest absolute Gasteiger partial charge is 0.458 e. The van der Waals surface area contributed by atoms with Crippen molar-refractivity contribution in [2.45, 2.75) is 33.1 Å². The summed E-state index contributed by atoms with van der Waals surface area (Å²) in [5, 5.41) is 0. The van der Waals surface area contributed by atoms with Crippen LogP contribution >= 0.6 is 0 Å². The van der Waals surface area contributed by atoms with Crippen LogP contribution in [0.5, 0.6) is 0 Å². The van der Waals surface area contributed by atoms with Crippen LogP contribution in [0.2, 0.25) is 0 Å². The molecule has 0 radical (unpaired) electrons. The second-order valence-corrected chi connectivity index (χ2v) is 4.86. The molecule has 5 nitrogen and oxygen atoms in total. The van der Waals surface area contributed by atoms with E-state index in [4.69, 9.17) is 14.2 Å². The molecular formula is C14H21NO4. The van der Waals surface area contributed by atoms with Crippen molar-refractivity contribution < 1.29 is 19.0 Å². The summed E-state index contributed by atoms with van der Waals surface area (Å²) in [6, 6.07) is 0. The fourth-order valence-electron chi connectivity index (χ4n) is 2.27. The molecule has 0 fully saturated rings. The third-order valence-electron chi connectivity index (χ3n) is 3.51. The van der Waals surface area contributed by atoms with Gasteiger partial charge in [-0.05, 0) is 20.3 Å². The van der Waals surface area contributed by atoms with Gasteiger partial charge in [0.25, 0.3) is 0 Å². The smallest absolute Gasteiger partial charge is 0.409 e. The van der Waals surface area contributed by atoms with Crippen LogP contribution in [0.4, 0.5) is 4.79 Å². The fourth-order valence-corrected chi connectivity index (χ4v) is 2.27. The summed E-state index contributed by atoms with van der Waals surface area (Å²) >= 11 is 0. The minimum absolute atomic E-state index is 0.267. The predicted octanol–water partition coefficient (Wildman–Crippen LogP) is 2.79. The standard InChI is InChI=1S/C14H21NO4/c1-4-17-14(16)15(3)6-5-11-8-13-12(7-10(11)2)18-9-19-13/h4-9H2,1-3H3. The molecule has 0 N–H and O–H groups in total. The van der Waals surface area contributed by atoms with E-state index in [-0.39, 0.29) is 6.09 Å². The first kappa shape index (κ1) is 13.8. The van der Waals surface area contributed by atoms with Crippen LogP contribution in [0.15, 0.2) is 22.7 Å². The molecule has 1 heterocycles. The zero-order valence-corrected chi connectivity index (χ0v) is 11.8. The van der Waals surface area contributed by atoms with E-state index in [1.807, 2.05) is 6.92 Å². The lowest BCUT2D eigenvalue weighted by Gasteiger charge is -2.21. The van der Waals surface area contributed by atoms with E-state index in [0.717, 1.165) is 30.8 Å². The zero-order valence-electron chi connectivity index (χ0n) is 11.8. The highest BCUT2D eigenvalue weighted by molar-refractivity contribution is 5.67. The van der Waals surface area contributed by atoms with Gasteiger partial charge in [0.2, 0.25) is 6.79 Å². The first-order chi connectivity index (χ1) is 9.11. The molecule has 0 saturated carbocycles. The van der Waals surface area contributed by atoms with Crippen LogP contribution in [-0.4, -0.2) is 38.0 Å². The Labute approximate surface area is 113 Å². The van der Waals surface area contributed by atoms with E-state index < -0.39 is 0 Å². The minimum Gasteiger partial charge on any atom is -0.458 e. The summed E-state index contributed by atoms with van der Waals surface area (Å²) in [5.74, 6) is 1.93. The van der Waals surface area contributed by atoms with Crippen molar-refractivity contribution >= 4 is 6.09 Å². The van der Waals surface area contributed by atoms with Crippen molar-refractivity contribution in [2.75, 3.05) is 27.0 Å². The van der Waals surface area contributed by atoms with E-state index >= 15 is 0 Å². The van der Waals surface area contributed by atoms with Crippen LogP contribution in [0.3, 0.4) is 0 Å². The highest BCUT2D eigenvalue weighted by atomic mass is 16.7. The Morgan fingerprint density at radius 2 is 2.00 bits per heavy atom. The topological polar surface area (TPSA) is 48.0 Å². The third-order valence-corrected chi connectivity index (χ3v) is 3.51. The molecule has 2 aliphatic rings. The average Bonchev–Trinajstić information content (AvgIpc) is 2.82. The van der Waals surface area contributed by atoms with Gasteiger partial charge in [-0.3, -0.25) is 0 Å². The number of rotatable bonds is 4. The number of allylic oxidation sites excluding steroid dienone is 2. The lowest BCUT2D eigenvalue weighted by Crippen LogP contribution is -2.28. The summed E-state index contributed by atoms with van der Waals surface area (Å²) in [6.45, 7) is 5.34. The van der Waals surface area contributed by atoms with Gasteiger partial charge < -0.3 is 19.1 Å². The zero-order chi connectivity index (χ0) is 13.8. The van der Waals surface area contributed by atoms with Gasteiger partial charge in [-0.15, -0.1) is 0 Å². The molecule has 0 aromatic rings. The van der Waals surface area contributed by atoms with E-state index in [1.54, 1.807) is 11.9 Å². The summed E-state index contributed by atoms with van der Waals surface area (Å²) in [6.07, 6.45) is 2.21. The maximum absolute atomic E-state index is 11.5. The van der Waals surface area contributed by atoms with Crippen molar-refractivity contribution in [1.82, 2.24) is 4.90 Å². The molecule has 1 amide bonds. The second-order valence-electron chi connectivity index (χ2n) is 4.86. The lowest BCUT2D eigenvalue weighted by atomic mass is 9.93. The highest BCUT2D eigenvalue weighted by Crippen LogP contribution is 2.35. The molecule has 1 aliphatic carbocycles. The first-order valence-electron chi connectivity index (χ1n) is 6.64. The monoisotopic (exact) mass is 267 g/mol. The van der Waals surface area contributed by atoms with Crippen LogP contribution < -0.4 is 0 Å². The molecule has 1 aliphatic heterocycles. The molecule has 2 rings (SSSR count). The van der Waals surface area contributed by atoms with Gasteiger partial charge >= 0.3 is 6.09 Å². The number of hydrogen-bond acceptors (Lipinski definition) is 4. The minimum atomic E-state index is -0.267. The Morgan fingerprint density at radius 1 is 1.32 bits per heavy atom. The highest BCUT2D eigenvalue weighted by Gasteiger charge is 2.25. The van der Waals surface area contributed by atoms with E-state index in [9.17, 15) is 4.79 Å². The fraction of sp³-hybridized carbons (Fsp3) is 0.643. The van der Waals surface area contributed by atoms with E-state index in [0.29, 0.717) is 19.9 Å². The quantitative estimate of drug-likeness (QED) is 0.735. The lowest BCUT2D eigenvalue weighted by molar-refractivity contribution is 0.0696. The number of hydrogen-bond donors (Lipinski definition) is 0. The van der Waals surface area contributed by atoms with Crippen molar-refractivity contribution in [1.29, 1.82) is 0 Å². The van der Waals surface area contributed by atoms with E-state index in [1.165, 1.54) is 11.1 Å². The van der Waals surface area contributed by atoms with E-state index in [2.05, 4.69) is 6.92 Å². The molecule has 0 saturated heterocycles. The van der Waals surface area contributed by atoms with Gasteiger partial charge in [0.1, 0.15) is 11.5 Å². The number of amides is 1. The molecule has 19 heavy (non-hydrogen) atoms. The van der Waals surface area contributed by atoms with Crippen molar-refractivity contribution in [3.05, 3.63) is 22.7 Å². The summed E-state index contributed by atoms with van der Waals surface area (Å²) < 4.78 is 15.8. The predicted molar refractivity (Wildman–Crippen MR) is 70.3 cm³/mol. The molecule has 0 spiro atoms. The molecule has 5 heteroatoms. The van der Waals surface area contributed by atoms with Crippen molar-refractivity contribution in [2.24, 2.45) is 0 Å². The molecule has 0 aromatic carbocycles. The van der Waals surface area contributed by atoms with Crippen molar-refractivity contribution in [3.63, 3.8) is 0 Å². The number of nitrogens with zero attached hydrogens (tertiary/aromatic N) is 1. The molecule has 0 bridgehead atoms. The van der Waals surface area contributed by atoms with Crippen LogP contribution in [0.1, 0.15) is 33.1 Å². The number of carbonyl (C=O) groups excluding carboxylic acids is 1. The van der Waals surface area contributed by atoms with Crippen LogP contribution in [0.25, 0.3) is 0 Å². The number of carbonyl (C=O) groups is 1. The van der Waals surface area contributed by atoms with Gasteiger partial charge in [0, 0.05) is 26.4 Å². The molecule has 0 unspecified atom stereocenters. The van der Waals surface area contributed by atoms with Gasteiger partial charge in [0.05, 0.1) is 6.61 Å². The van der Waals surface area contributed by atoms with Gasteiger partial charge in [-0.25, -0.2) is 4.79 Å². The summed E-state index contributed by atoms with van der Waals surface area (Å²) in [7, 11) is 1.76. The van der Waals surface area contributed by atoms with Crippen LogP contribution in [-0.2, 0) is 14.2 Å². The van der Waals surface area contributed by atoms with Crippen LogP contribution in [0, 0.1) is 0 Å². The Bertz CT molecular complexity index is 425. The molecular weight excluding hydrogens is 246 g/mol. The Hall–Kier alpha value is -1.65. The molecule has 0 aromatic heterocycles. The van der Waals surface area contributed by atoms with Gasteiger partial charge in [-0.2, -0.15) is 0 Å². The normalized spacial score (nSPS) is 17.8. The maximum Gasteiger partial charge on any atom is 0.409 e. The number of ether oxygens (including phenoxy) is 3. The van der Waals surface area contributed by atoms with Gasteiger partial charge in [0.15, 0.2) is 0 Å². The average molecular weight is 267 g/mol. The Balaban J connectivity index is 1.86.